The lowest BCUT2D eigenvalue weighted by Gasteiger charge is -2.26. The molecule has 10 heteroatoms. The molecule has 0 fully saturated rings. The number of carbonyl (C=O) groups is 2. The second kappa shape index (κ2) is 19.7. The first kappa shape index (κ1) is 35.7. The van der Waals surface area contributed by atoms with E-state index in [1.54, 1.807) is 31.2 Å². The molecule has 1 aromatic heterocycles. The molecule has 38 heavy (non-hydrogen) atoms. The zero-order valence-electron chi connectivity index (χ0n) is 23.8. The molecule has 0 radical (unpaired) electrons. The van der Waals surface area contributed by atoms with Crippen LogP contribution < -0.4 is 10.6 Å². The van der Waals surface area contributed by atoms with Crippen molar-refractivity contribution in [2.45, 2.75) is 84.9 Å². The summed E-state index contributed by atoms with van der Waals surface area (Å²) in [6, 6.07) is 6.10. The zero-order chi connectivity index (χ0) is 29.1. The van der Waals surface area contributed by atoms with Crippen LogP contribution in [0.4, 0.5) is 0 Å². The van der Waals surface area contributed by atoms with Crippen molar-refractivity contribution >= 4 is 23.8 Å². The Kier molecular flexibility index (Phi) is 18.5. The summed E-state index contributed by atoms with van der Waals surface area (Å²) in [5.74, 6) is -0.370. The molecule has 0 aliphatic heterocycles. The predicted molar refractivity (Wildman–Crippen MR) is 154 cm³/mol. The quantitative estimate of drug-likeness (QED) is 0.177. The number of aliphatic hydroxyl groups excluding tert-OH is 2. The van der Waals surface area contributed by atoms with Crippen LogP contribution in [0, 0.1) is 6.92 Å². The summed E-state index contributed by atoms with van der Waals surface area (Å²) >= 11 is 5.91. The van der Waals surface area contributed by atoms with Crippen molar-refractivity contribution in [2.75, 3.05) is 26.8 Å². The number of aryl methyl sites for hydroxylation is 1. The summed E-state index contributed by atoms with van der Waals surface area (Å²) in [5.41, 5.74) is 1.98. The minimum Gasteiger partial charge on any atom is -0.394 e. The fraction of sp³-hybridized carbons (Fsp3) is 0.607. The number of aromatic nitrogens is 2. The number of nitrogens with one attached hydrogen (secondary N) is 2. The van der Waals surface area contributed by atoms with Crippen LogP contribution in [0.3, 0.4) is 0 Å². The number of hydrogen-bond acceptors (Lipinski definition) is 7. The first-order chi connectivity index (χ1) is 18.2. The standard InChI is InChI=1S/C16H18ClN3O4.C10H23NO.C2H6/c1-10-4-15(11-2-3-14(17)12(5-11)7-21)19-20(10)6-16(24)18-13(8-22)9-23;1-4-6-7-8-10(12,5-2)9-11-3;1-2/h2-5,7,13,22-23H,6,8-9H2,1H3,(H,18,24);11-12H,4-9H2,1-3H3;1-2H3. The second-order valence-electron chi connectivity index (χ2n) is 8.88. The van der Waals surface area contributed by atoms with E-state index in [0.29, 0.717) is 34.7 Å². The molecular formula is C28H47ClN4O5. The first-order valence-corrected chi connectivity index (χ1v) is 13.7. The minimum atomic E-state index is -0.695. The van der Waals surface area contributed by atoms with Crippen molar-refractivity contribution in [1.29, 1.82) is 0 Å². The molecule has 0 aliphatic rings. The van der Waals surface area contributed by atoms with Gasteiger partial charge in [0.1, 0.15) is 6.54 Å². The van der Waals surface area contributed by atoms with Crippen LogP contribution in [-0.2, 0) is 11.3 Å². The van der Waals surface area contributed by atoms with Crippen LogP contribution in [0.1, 0.15) is 75.9 Å². The zero-order valence-corrected chi connectivity index (χ0v) is 24.5. The van der Waals surface area contributed by atoms with E-state index in [1.165, 1.54) is 17.5 Å². The highest BCUT2D eigenvalue weighted by molar-refractivity contribution is 6.33. The fourth-order valence-corrected chi connectivity index (χ4v) is 3.75. The van der Waals surface area contributed by atoms with Gasteiger partial charge < -0.3 is 26.0 Å². The third-order valence-corrected chi connectivity index (χ3v) is 6.25. The number of likely N-dealkylation sites (N-methyl/N-ethyl adjacent to an activating group) is 1. The van der Waals surface area contributed by atoms with E-state index >= 15 is 0 Å². The Balaban J connectivity index is 0.000000828. The van der Waals surface area contributed by atoms with E-state index < -0.39 is 11.6 Å². The maximum atomic E-state index is 11.9. The van der Waals surface area contributed by atoms with E-state index in [2.05, 4.69) is 22.7 Å². The number of nitrogens with zero attached hydrogens (tertiary/aromatic N) is 2. The summed E-state index contributed by atoms with van der Waals surface area (Å²) in [6.45, 7) is 10.0. The van der Waals surface area contributed by atoms with E-state index in [-0.39, 0.29) is 25.7 Å². The topological polar surface area (TPSA) is 137 Å². The van der Waals surface area contributed by atoms with Gasteiger partial charge in [-0.2, -0.15) is 5.10 Å². The Morgan fingerprint density at radius 3 is 2.37 bits per heavy atom. The van der Waals surface area contributed by atoms with Gasteiger partial charge in [-0.15, -0.1) is 0 Å². The average Bonchev–Trinajstić information content (AvgIpc) is 3.29. The third kappa shape index (κ3) is 12.5. The Hall–Kier alpha value is -2.30. The maximum Gasteiger partial charge on any atom is 0.242 e. The van der Waals surface area contributed by atoms with Gasteiger partial charge in [-0.1, -0.05) is 64.6 Å². The van der Waals surface area contributed by atoms with Gasteiger partial charge in [0.2, 0.25) is 5.91 Å². The Bertz CT molecular complexity index is 949. The molecule has 1 aromatic carbocycles. The van der Waals surface area contributed by atoms with Crippen LogP contribution in [0.25, 0.3) is 11.3 Å². The molecule has 1 atom stereocenters. The third-order valence-electron chi connectivity index (χ3n) is 5.91. The minimum absolute atomic E-state index is 0.0452. The van der Waals surface area contributed by atoms with E-state index in [1.807, 2.05) is 27.8 Å². The van der Waals surface area contributed by atoms with Gasteiger partial charge in [-0.25, -0.2) is 0 Å². The molecule has 5 N–H and O–H groups in total. The van der Waals surface area contributed by atoms with Crippen molar-refractivity contribution in [2.24, 2.45) is 0 Å². The molecule has 9 nitrogen and oxygen atoms in total. The van der Waals surface area contributed by atoms with Crippen molar-refractivity contribution in [3.05, 3.63) is 40.5 Å². The van der Waals surface area contributed by atoms with Gasteiger partial charge in [-0.3, -0.25) is 14.3 Å². The molecule has 0 saturated carbocycles. The molecule has 0 spiro atoms. The number of amides is 1. The van der Waals surface area contributed by atoms with E-state index in [9.17, 15) is 14.7 Å². The largest absolute Gasteiger partial charge is 0.394 e. The van der Waals surface area contributed by atoms with Crippen LogP contribution in [-0.4, -0.2) is 75.7 Å². The Morgan fingerprint density at radius 2 is 1.84 bits per heavy atom. The van der Waals surface area contributed by atoms with Gasteiger partial charge in [0.15, 0.2) is 6.29 Å². The van der Waals surface area contributed by atoms with E-state index in [4.69, 9.17) is 21.8 Å². The van der Waals surface area contributed by atoms with Crippen LogP contribution in [0.5, 0.6) is 0 Å². The Morgan fingerprint density at radius 1 is 1.18 bits per heavy atom. The highest BCUT2D eigenvalue weighted by Crippen LogP contribution is 2.24. The molecule has 0 aliphatic carbocycles. The first-order valence-electron chi connectivity index (χ1n) is 13.3. The fourth-order valence-electron chi connectivity index (χ4n) is 3.59. The number of carbonyl (C=O) groups excluding carboxylic acids is 2. The lowest BCUT2D eigenvalue weighted by atomic mass is 9.93. The second-order valence-corrected chi connectivity index (χ2v) is 9.28. The number of aldehydes is 1. The van der Waals surface area contributed by atoms with Crippen LogP contribution in [0.2, 0.25) is 5.02 Å². The van der Waals surface area contributed by atoms with Gasteiger partial charge in [0.25, 0.3) is 0 Å². The number of halogens is 1. The average molecular weight is 555 g/mol. The van der Waals surface area contributed by atoms with Crippen molar-refractivity contribution < 1.29 is 24.9 Å². The van der Waals surface area contributed by atoms with E-state index in [0.717, 1.165) is 25.0 Å². The van der Waals surface area contributed by atoms with Crippen molar-refractivity contribution in [1.82, 2.24) is 20.4 Å². The smallest absolute Gasteiger partial charge is 0.242 e. The van der Waals surface area contributed by atoms with Crippen molar-refractivity contribution in [3.63, 3.8) is 0 Å². The molecule has 0 saturated heterocycles. The van der Waals surface area contributed by atoms with Crippen LogP contribution >= 0.6 is 11.6 Å². The molecule has 2 rings (SSSR count). The SMILES string of the molecule is CC.CCCCCC(O)(CC)CNC.Cc1cc(-c2ccc(Cl)c(C=O)c2)nn1CC(=O)NC(CO)CO. The molecule has 2 aromatic rings. The highest BCUT2D eigenvalue weighted by Gasteiger charge is 2.22. The number of aliphatic hydroxyl groups is 3. The number of benzene rings is 1. The van der Waals surface area contributed by atoms with Crippen molar-refractivity contribution in [3.8, 4) is 11.3 Å². The Labute approximate surface area is 232 Å². The van der Waals surface area contributed by atoms with Crippen LogP contribution in [0.15, 0.2) is 24.3 Å². The molecule has 1 amide bonds. The molecule has 1 unspecified atom stereocenters. The summed E-state index contributed by atoms with van der Waals surface area (Å²) in [6.07, 6.45) is 6.04. The molecule has 216 valence electrons. The number of unbranched alkanes of at least 4 members (excludes halogenated alkanes) is 2. The number of hydrogen-bond donors (Lipinski definition) is 5. The molecule has 1 heterocycles. The van der Waals surface area contributed by atoms with Gasteiger partial charge >= 0.3 is 0 Å². The summed E-state index contributed by atoms with van der Waals surface area (Å²) in [7, 11) is 1.89. The normalized spacial score (nSPS) is 12.1. The lowest BCUT2D eigenvalue weighted by Crippen LogP contribution is -2.41. The molecular weight excluding hydrogens is 508 g/mol. The lowest BCUT2D eigenvalue weighted by molar-refractivity contribution is -0.123. The predicted octanol–water partition coefficient (Wildman–Crippen LogP) is 3.75. The summed E-state index contributed by atoms with van der Waals surface area (Å²) in [4.78, 5) is 22.9. The highest BCUT2D eigenvalue weighted by atomic mass is 35.5. The van der Waals surface area contributed by atoms with Gasteiger partial charge in [-0.05, 0) is 45.0 Å². The maximum absolute atomic E-state index is 11.9. The summed E-state index contributed by atoms with van der Waals surface area (Å²) < 4.78 is 1.51. The number of rotatable bonds is 14. The summed E-state index contributed by atoms with van der Waals surface area (Å²) in [5, 5.41) is 38.2. The van der Waals surface area contributed by atoms with Gasteiger partial charge in [0.05, 0.1) is 35.6 Å². The molecule has 0 bridgehead atoms. The monoisotopic (exact) mass is 554 g/mol. The van der Waals surface area contributed by atoms with Gasteiger partial charge in [0, 0.05) is 23.4 Å².